The summed E-state index contributed by atoms with van der Waals surface area (Å²) in [5.74, 6) is 1.48. The first-order chi connectivity index (χ1) is 14.7. The molecular formula is C24H23N3O3. The standard InChI is InChI=1S/C24H23N3O3/c1-26(15-16-30-21-13-11-20(29-2)12-14-21)24(28)18-7-9-19(10-8-18)27-17-25-22-5-3-4-6-23(22)27/h3-14,17H,15-16H2,1-2H3. The lowest BCUT2D eigenvalue weighted by atomic mass is 10.2. The molecule has 6 heteroatoms. The number of ether oxygens (including phenoxy) is 2. The van der Waals surface area contributed by atoms with E-state index in [1.807, 2.05) is 77.4 Å². The van der Waals surface area contributed by atoms with Gasteiger partial charge in [0, 0.05) is 18.3 Å². The molecule has 0 saturated carbocycles. The van der Waals surface area contributed by atoms with Crippen molar-refractivity contribution in [1.29, 1.82) is 0 Å². The molecule has 1 aromatic heterocycles. The molecule has 0 atom stereocenters. The molecule has 1 amide bonds. The molecule has 152 valence electrons. The van der Waals surface area contributed by atoms with Gasteiger partial charge in [-0.25, -0.2) is 4.98 Å². The molecule has 30 heavy (non-hydrogen) atoms. The zero-order valence-corrected chi connectivity index (χ0v) is 17.0. The Labute approximate surface area is 175 Å². The number of aromatic nitrogens is 2. The third kappa shape index (κ3) is 4.12. The molecule has 0 aliphatic heterocycles. The third-order valence-corrected chi connectivity index (χ3v) is 4.95. The predicted molar refractivity (Wildman–Crippen MR) is 117 cm³/mol. The van der Waals surface area contributed by atoms with E-state index in [1.54, 1.807) is 25.4 Å². The first kappa shape index (κ1) is 19.5. The van der Waals surface area contributed by atoms with Crippen molar-refractivity contribution in [1.82, 2.24) is 14.5 Å². The van der Waals surface area contributed by atoms with Gasteiger partial charge in [-0.15, -0.1) is 0 Å². The highest BCUT2D eigenvalue weighted by atomic mass is 16.5. The van der Waals surface area contributed by atoms with Crippen LogP contribution in [0.4, 0.5) is 0 Å². The highest BCUT2D eigenvalue weighted by Crippen LogP contribution is 2.19. The molecular weight excluding hydrogens is 378 g/mol. The number of carbonyl (C=O) groups is 1. The lowest BCUT2D eigenvalue weighted by Crippen LogP contribution is -2.30. The lowest BCUT2D eigenvalue weighted by Gasteiger charge is -2.18. The van der Waals surface area contributed by atoms with E-state index in [2.05, 4.69) is 4.98 Å². The summed E-state index contributed by atoms with van der Waals surface area (Å²) in [6.07, 6.45) is 1.80. The SMILES string of the molecule is COc1ccc(OCCN(C)C(=O)c2ccc(-n3cnc4ccccc43)cc2)cc1. The van der Waals surface area contributed by atoms with Gasteiger partial charge >= 0.3 is 0 Å². The molecule has 0 bridgehead atoms. The summed E-state index contributed by atoms with van der Waals surface area (Å²) in [7, 11) is 3.40. The van der Waals surface area contributed by atoms with Crippen LogP contribution >= 0.6 is 0 Å². The summed E-state index contributed by atoms with van der Waals surface area (Å²) >= 11 is 0. The highest BCUT2D eigenvalue weighted by molar-refractivity contribution is 5.94. The van der Waals surface area contributed by atoms with Gasteiger partial charge in [0.2, 0.25) is 0 Å². The first-order valence-electron chi connectivity index (χ1n) is 9.70. The number of fused-ring (bicyclic) bond motifs is 1. The summed E-state index contributed by atoms with van der Waals surface area (Å²) in [6, 6.07) is 22.9. The number of hydrogen-bond donors (Lipinski definition) is 0. The van der Waals surface area contributed by atoms with Crippen molar-refractivity contribution in [2.45, 2.75) is 0 Å². The summed E-state index contributed by atoms with van der Waals surface area (Å²) in [5.41, 5.74) is 3.57. The second-order valence-corrected chi connectivity index (χ2v) is 6.90. The molecule has 0 unspecified atom stereocenters. The van der Waals surface area contributed by atoms with Crippen LogP contribution in [0.25, 0.3) is 16.7 Å². The number of para-hydroxylation sites is 2. The Bertz CT molecular complexity index is 1130. The predicted octanol–water partition coefficient (Wildman–Crippen LogP) is 4.19. The minimum absolute atomic E-state index is 0.0460. The summed E-state index contributed by atoms with van der Waals surface area (Å²) < 4.78 is 12.9. The lowest BCUT2D eigenvalue weighted by molar-refractivity contribution is 0.0774. The van der Waals surface area contributed by atoms with E-state index in [0.717, 1.165) is 28.2 Å². The quantitative estimate of drug-likeness (QED) is 0.466. The molecule has 1 heterocycles. The van der Waals surface area contributed by atoms with E-state index >= 15 is 0 Å². The summed E-state index contributed by atoms with van der Waals surface area (Å²) in [4.78, 5) is 18.8. The van der Waals surface area contributed by atoms with Crippen molar-refractivity contribution < 1.29 is 14.3 Å². The number of nitrogens with zero attached hydrogens (tertiary/aromatic N) is 3. The maximum absolute atomic E-state index is 12.7. The number of rotatable bonds is 7. The van der Waals surface area contributed by atoms with Gasteiger partial charge in [0.05, 0.1) is 24.7 Å². The molecule has 4 aromatic rings. The second-order valence-electron chi connectivity index (χ2n) is 6.90. The van der Waals surface area contributed by atoms with E-state index in [9.17, 15) is 4.79 Å². The summed E-state index contributed by atoms with van der Waals surface area (Å²) in [6.45, 7) is 0.895. The largest absolute Gasteiger partial charge is 0.497 e. The van der Waals surface area contributed by atoms with Crippen LogP contribution in [0.1, 0.15) is 10.4 Å². The fourth-order valence-corrected chi connectivity index (χ4v) is 3.22. The molecule has 0 fully saturated rings. The molecule has 0 N–H and O–H groups in total. The van der Waals surface area contributed by atoms with Crippen LogP contribution in [0.3, 0.4) is 0 Å². The monoisotopic (exact) mass is 401 g/mol. The number of amides is 1. The normalized spacial score (nSPS) is 10.7. The number of likely N-dealkylation sites (N-methyl/N-ethyl adjacent to an activating group) is 1. The van der Waals surface area contributed by atoms with E-state index in [1.165, 1.54) is 0 Å². The molecule has 4 rings (SSSR count). The molecule has 0 aliphatic rings. The Morgan fingerprint density at radius 2 is 1.67 bits per heavy atom. The average molecular weight is 401 g/mol. The van der Waals surface area contributed by atoms with Crippen molar-refractivity contribution in [3.8, 4) is 17.2 Å². The van der Waals surface area contributed by atoms with E-state index in [-0.39, 0.29) is 5.91 Å². The minimum atomic E-state index is -0.0460. The van der Waals surface area contributed by atoms with Gasteiger partial charge in [0.1, 0.15) is 24.4 Å². The van der Waals surface area contributed by atoms with Crippen LogP contribution in [0.5, 0.6) is 11.5 Å². The Morgan fingerprint density at radius 1 is 0.967 bits per heavy atom. The van der Waals surface area contributed by atoms with Crippen LogP contribution in [0, 0.1) is 0 Å². The zero-order valence-electron chi connectivity index (χ0n) is 17.0. The smallest absolute Gasteiger partial charge is 0.253 e. The van der Waals surface area contributed by atoms with Gasteiger partial charge in [0.25, 0.3) is 5.91 Å². The fraction of sp³-hybridized carbons (Fsp3) is 0.167. The van der Waals surface area contributed by atoms with E-state index in [4.69, 9.17) is 9.47 Å². The van der Waals surface area contributed by atoms with Crippen LogP contribution in [0.2, 0.25) is 0 Å². The maximum Gasteiger partial charge on any atom is 0.253 e. The van der Waals surface area contributed by atoms with E-state index in [0.29, 0.717) is 18.7 Å². The van der Waals surface area contributed by atoms with Crippen molar-refractivity contribution in [2.75, 3.05) is 27.3 Å². The number of methoxy groups -OCH3 is 1. The Balaban J connectivity index is 1.36. The van der Waals surface area contributed by atoms with Crippen LogP contribution in [0.15, 0.2) is 79.1 Å². The van der Waals surface area contributed by atoms with Crippen molar-refractivity contribution >= 4 is 16.9 Å². The molecule has 0 spiro atoms. The number of carbonyl (C=O) groups excluding carboxylic acids is 1. The van der Waals surface area contributed by atoms with Crippen molar-refractivity contribution in [3.05, 3.63) is 84.7 Å². The molecule has 6 nitrogen and oxygen atoms in total. The Kier molecular flexibility index (Phi) is 5.66. The Hall–Kier alpha value is -3.80. The molecule has 0 saturated heterocycles. The van der Waals surface area contributed by atoms with E-state index < -0.39 is 0 Å². The maximum atomic E-state index is 12.7. The van der Waals surface area contributed by atoms with Crippen LogP contribution < -0.4 is 9.47 Å². The van der Waals surface area contributed by atoms with Gasteiger partial charge in [-0.1, -0.05) is 12.1 Å². The van der Waals surface area contributed by atoms with Crippen molar-refractivity contribution in [3.63, 3.8) is 0 Å². The molecule has 3 aromatic carbocycles. The van der Waals surface area contributed by atoms with Crippen LogP contribution in [-0.4, -0.2) is 47.7 Å². The first-order valence-corrected chi connectivity index (χ1v) is 9.70. The number of imidazole rings is 1. The van der Waals surface area contributed by atoms with Crippen molar-refractivity contribution in [2.24, 2.45) is 0 Å². The van der Waals surface area contributed by atoms with Crippen LogP contribution in [-0.2, 0) is 0 Å². The second kappa shape index (κ2) is 8.69. The highest BCUT2D eigenvalue weighted by Gasteiger charge is 2.12. The number of benzene rings is 3. The van der Waals surface area contributed by atoms with Gasteiger partial charge in [-0.2, -0.15) is 0 Å². The Morgan fingerprint density at radius 3 is 2.40 bits per heavy atom. The third-order valence-electron chi connectivity index (χ3n) is 4.95. The van der Waals surface area contributed by atoms with Gasteiger partial charge in [0.15, 0.2) is 0 Å². The molecule has 0 aliphatic carbocycles. The van der Waals surface area contributed by atoms with Gasteiger partial charge < -0.3 is 14.4 Å². The zero-order chi connectivity index (χ0) is 20.9. The average Bonchev–Trinajstić information content (AvgIpc) is 3.23. The molecule has 0 radical (unpaired) electrons. The fourth-order valence-electron chi connectivity index (χ4n) is 3.22. The van der Waals surface area contributed by atoms with Gasteiger partial charge in [-0.05, 0) is 60.7 Å². The minimum Gasteiger partial charge on any atom is -0.497 e. The van der Waals surface area contributed by atoms with Gasteiger partial charge in [-0.3, -0.25) is 9.36 Å². The topological polar surface area (TPSA) is 56.6 Å². The summed E-state index contributed by atoms with van der Waals surface area (Å²) in [5, 5.41) is 0. The number of hydrogen-bond acceptors (Lipinski definition) is 4.